The van der Waals surface area contributed by atoms with E-state index < -0.39 is 5.54 Å². The molecule has 1 atom stereocenters. The lowest BCUT2D eigenvalue weighted by Gasteiger charge is -2.19. The molecule has 6 heteroatoms. The molecule has 0 radical (unpaired) electrons. The van der Waals surface area contributed by atoms with E-state index in [4.69, 9.17) is 9.47 Å². The minimum Gasteiger partial charge on any atom is -0.493 e. The summed E-state index contributed by atoms with van der Waals surface area (Å²) in [6, 6.07) is 5.47. The lowest BCUT2D eigenvalue weighted by Crippen LogP contribution is -2.40. The summed E-state index contributed by atoms with van der Waals surface area (Å²) in [6.45, 7) is 7.72. The zero-order valence-electron chi connectivity index (χ0n) is 14.4. The number of nitrogens with one attached hydrogen (secondary N) is 1. The van der Waals surface area contributed by atoms with Crippen LogP contribution >= 0.6 is 0 Å². The van der Waals surface area contributed by atoms with E-state index in [1.807, 2.05) is 25.1 Å². The number of benzene rings is 1. The molecule has 24 heavy (non-hydrogen) atoms. The first-order valence-corrected chi connectivity index (χ1v) is 8.31. The summed E-state index contributed by atoms with van der Waals surface area (Å²) < 4.78 is 11.4. The maximum atomic E-state index is 12.4. The second kappa shape index (κ2) is 6.43. The van der Waals surface area contributed by atoms with Crippen LogP contribution in [0.5, 0.6) is 5.75 Å². The fourth-order valence-electron chi connectivity index (χ4n) is 2.98. The second-order valence-electron chi connectivity index (χ2n) is 7.10. The van der Waals surface area contributed by atoms with Crippen molar-refractivity contribution in [2.24, 2.45) is 5.92 Å². The van der Waals surface area contributed by atoms with Gasteiger partial charge in [-0.3, -0.25) is 9.69 Å². The van der Waals surface area contributed by atoms with Crippen LogP contribution in [0.3, 0.4) is 0 Å². The molecule has 2 heterocycles. The third-order valence-electron chi connectivity index (χ3n) is 4.49. The number of rotatable bonds is 5. The molecule has 1 aromatic rings. The van der Waals surface area contributed by atoms with Crippen molar-refractivity contribution in [1.82, 2.24) is 10.2 Å². The third kappa shape index (κ3) is 3.38. The number of ether oxygens (including phenoxy) is 2. The molecule has 0 unspecified atom stereocenters. The van der Waals surface area contributed by atoms with Crippen LogP contribution in [0.2, 0.25) is 0 Å². The number of nitrogens with zero attached hydrogens (tertiary/aromatic N) is 1. The molecular weight excluding hydrogens is 308 g/mol. The van der Waals surface area contributed by atoms with Gasteiger partial charge in [0.05, 0.1) is 19.8 Å². The van der Waals surface area contributed by atoms with Gasteiger partial charge in [0.25, 0.3) is 5.91 Å². The highest BCUT2D eigenvalue weighted by molar-refractivity contribution is 6.06. The van der Waals surface area contributed by atoms with E-state index in [1.165, 1.54) is 4.90 Å². The zero-order valence-corrected chi connectivity index (χ0v) is 14.4. The molecule has 3 amide bonds. The zero-order chi connectivity index (χ0) is 17.3. The van der Waals surface area contributed by atoms with Gasteiger partial charge in [-0.2, -0.15) is 0 Å². The van der Waals surface area contributed by atoms with Crippen LogP contribution in [0.15, 0.2) is 18.2 Å². The van der Waals surface area contributed by atoms with Crippen LogP contribution in [0, 0.1) is 12.8 Å². The summed E-state index contributed by atoms with van der Waals surface area (Å²) in [6.07, 6.45) is 1.00. The van der Waals surface area contributed by atoms with Crippen molar-refractivity contribution >= 4 is 11.9 Å². The fourth-order valence-corrected chi connectivity index (χ4v) is 2.98. The van der Waals surface area contributed by atoms with Gasteiger partial charge in [0.2, 0.25) is 0 Å². The molecule has 1 N–H and O–H groups in total. The monoisotopic (exact) mass is 332 g/mol. The highest BCUT2D eigenvalue weighted by Gasteiger charge is 2.44. The van der Waals surface area contributed by atoms with Crippen LogP contribution < -0.4 is 10.1 Å². The number of urea groups is 1. The van der Waals surface area contributed by atoms with Gasteiger partial charge < -0.3 is 14.8 Å². The van der Waals surface area contributed by atoms with Crippen molar-refractivity contribution in [3.63, 3.8) is 0 Å². The summed E-state index contributed by atoms with van der Waals surface area (Å²) in [5.74, 6) is 0.907. The predicted octanol–water partition coefficient (Wildman–Crippen LogP) is 2.24. The van der Waals surface area contributed by atoms with Gasteiger partial charge in [-0.25, -0.2) is 4.79 Å². The Morgan fingerprint density at radius 1 is 1.38 bits per heavy atom. The smallest absolute Gasteiger partial charge is 0.325 e. The van der Waals surface area contributed by atoms with Crippen molar-refractivity contribution in [2.45, 2.75) is 39.3 Å². The number of imide groups is 1. The van der Waals surface area contributed by atoms with Crippen LogP contribution in [-0.4, -0.2) is 42.2 Å². The maximum Gasteiger partial charge on any atom is 0.325 e. The third-order valence-corrected chi connectivity index (χ3v) is 4.49. The Morgan fingerprint density at radius 3 is 2.79 bits per heavy atom. The summed E-state index contributed by atoms with van der Waals surface area (Å²) in [7, 11) is 0. The van der Waals surface area contributed by atoms with E-state index >= 15 is 0 Å². The molecule has 130 valence electrons. The number of hydrogen-bond acceptors (Lipinski definition) is 4. The van der Waals surface area contributed by atoms with E-state index in [0.717, 1.165) is 36.5 Å². The van der Waals surface area contributed by atoms with Crippen molar-refractivity contribution in [2.75, 3.05) is 19.8 Å². The molecule has 0 aliphatic carbocycles. The van der Waals surface area contributed by atoms with E-state index in [9.17, 15) is 9.59 Å². The number of hydrogen-bond donors (Lipinski definition) is 1. The molecule has 0 aromatic heterocycles. The molecule has 0 saturated carbocycles. The fraction of sp³-hybridized carbons (Fsp3) is 0.556. The summed E-state index contributed by atoms with van der Waals surface area (Å²) in [5.41, 5.74) is 1.05. The number of amides is 3. The molecule has 2 aliphatic heterocycles. The molecule has 1 aromatic carbocycles. The molecule has 2 saturated heterocycles. The molecule has 2 fully saturated rings. The van der Waals surface area contributed by atoms with E-state index in [0.29, 0.717) is 12.5 Å². The first-order chi connectivity index (χ1) is 11.4. The minimum absolute atomic E-state index is 0.213. The molecule has 2 aliphatic rings. The molecule has 0 bridgehead atoms. The predicted molar refractivity (Wildman–Crippen MR) is 88.8 cm³/mol. The van der Waals surface area contributed by atoms with Gasteiger partial charge in [0.1, 0.15) is 11.3 Å². The molecule has 0 spiro atoms. The van der Waals surface area contributed by atoms with E-state index in [1.54, 1.807) is 13.8 Å². The van der Waals surface area contributed by atoms with E-state index in [-0.39, 0.29) is 18.5 Å². The summed E-state index contributed by atoms with van der Waals surface area (Å²) in [4.78, 5) is 25.7. The highest BCUT2D eigenvalue weighted by Crippen LogP contribution is 2.26. The standard InChI is InChI=1S/C18H24N2O4/c1-12-4-5-14(9-20-16(21)18(2,3)19-17(20)22)15(8-12)24-11-13-6-7-23-10-13/h4-5,8,13H,6-7,9-11H2,1-3H3,(H,19,22)/t13-/m1/s1. The Bertz CT molecular complexity index is 650. The van der Waals surface area contributed by atoms with Gasteiger partial charge in [0, 0.05) is 18.1 Å². The Kier molecular flexibility index (Phi) is 4.49. The lowest BCUT2D eigenvalue weighted by molar-refractivity contribution is -0.130. The van der Waals surface area contributed by atoms with Crippen LogP contribution in [0.4, 0.5) is 4.79 Å². The van der Waals surface area contributed by atoms with Crippen molar-refractivity contribution in [1.29, 1.82) is 0 Å². The van der Waals surface area contributed by atoms with Crippen molar-refractivity contribution in [3.05, 3.63) is 29.3 Å². The average Bonchev–Trinajstić information content (AvgIpc) is 3.09. The Hall–Kier alpha value is -2.08. The van der Waals surface area contributed by atoms with E-state index in [2.05, 4.69) is 5.32 Å². The first-order valence-electron chi connectivity index (χ1n) is 8.31. The van der Waals surface area contributed by atoms with Crippen LogP contribution in [-0.2, 0) is 16.1 Å². The van der Waals surface area contributed by atoms with Crippen LogP contribution in [0.1, 0.15) is 31.4 Å². The van der Waals surface area contributed by atoms with Gasteiger partial charge in [-0.1, -0.05) is 12.1 Å². The van der Waals surface area contributed by atoms with Gasteiger partial charge in [-0.05, 0) is 38.8 Å². The SMILES string of the molecule is Cc1ccc(CN2C(=O)NC(C)(C)C2=O)c(OC[C@@H]2CCOC2)c1. The summed E-state index contributed by atoms with van der Waals surface area (Å²) >= 11 is 0. The Morgan fingerprint density at radius 2 is 2.17 bits per heavy atom. The first kappa shape index (κ1) is 16.8. The molecule has 6 nitrogen and oxygen atoms in total. The normalized spacial score (nSPS) is 22.8. The molecule has 3 rings (SSSR count). The van der Waals surface area contributed by atoms with Gasteiger partial charge in [0.15, 0.2) is 0 Å². The average molecular weight is 332 g/mol. The topological polar surface area (TPSA) is 67.9 Å². The Labute approximate surface area is 142 Å². The van der Waals surface area contributed by atoms with Gasteiger partial charge >= 0.3 is 6.03 Å². The number of carbonyl (C=O) groups is 2. The highest BCUT2D eigenvalue weighted by atomic mass is 16.5. The number of aryl methyl sites for hydroxylation is 1. The van der Waals surface area contributed by atoms with Gasteiger partial charge in [-0.15, -0.1) is 0 Å². The lowest BCUT2D eigenvalue weighted by atomic mass is 10.1. The van der Waals surface area contributed by atoms with Crippen molar-refractivity contribution < 1.29 is 19.1 Å². The maximum absolute atomic E-state index is 12.4. The quantitative estimate of drug-likeness (QED) is 0.840. The largest absolute Gasteiger partial charge is 0.493 e. The van der Waals surface area contributed by atoms with Crippen molar-refractivity contribution in [3.8, 4) is 5.75 Å². The Balaban J connectivity index is 1.75. The van der Waals surface area contributed by atoms with Crippen LogP contribution in [0.25, 0.3) is 0 Å². The number of carbonyl (C=O) groups excluding carboxylic acids is 2. The second-order valence-corrected chi connectivity index (χ2v) is 7.10. The molecular formula is C18H24N2O4. The minimum atomic E-state index is -0.857. The summed E-state index contributed by atoms with van der Waals surface area (Å²) in [5, 5.41) is 2.70.